The molecular weight excluding hydrogens is 299 g/mol. The summed E-state index contributed by atoms with van der Waals surface area (Å²) in [7, 11) is 0. The first kappa shape index (κ1) is 16.9. The molecule has 0 spiro atoms. The van der Waals surface area contributed by atoms with Crippen LogP contribution in [0.1, 0.15) is 88.4 Å². The van der Waals surface area contributed by atoms with E-state index < -0.39 is 0 Å². The number of nitrogens with zero attached hydrogens (tertiary/aromatic N) is 2. The van der Waals surface area contributed by atoms with Crippen LogP contribution < -0.4 is 0 Å². The molecule has 0 aliphatic rings. The van der Waals surface area contributed by atoms with E-state index >= 15 is 0 Å². The predicted octanol–water partition coefficient (Wildman–Crippen LogP) is 4.56. The van der Waals surface area contributed by atoms with Crippen molar-refractivity contribution in [1.29, 1.82) is 0 Å². The Balaban J connectivity index is 2.07. The zero-order valence-electron chi connectivity index (χ0n) is 12.8. The van der Waals surface area contributed by atoms with Gasteiger partial charge >= 0.3 is 125 Å². The minimum atomic E-state index is 0.337. The zero-order valence-corrected chi connectivity index (χ0v) is 14.5. The van der Waals surface area contributed by atoms with Gasteiger partial charge in [0.15, 0.2) is 0 Å². The van der Waals surface area contributed by atoms with Gasteiger partial charge in [-0.1, -0.05) is 0 Å². The molecule has 1 rings (SSSR count). The average molecular weight is 329 g/mol. The summed E-state index contributed by atoms with van der Waals surface area (Å²) < 4.78 is 6.02. The van der Waals surface area contributed by atoms with E-state index in [2.05, 4.69) is 17.8 Å². The molecule has 0 N–H and O–H groups in total. The monoisotopic (exact) mass is 330 g/mol. The summed E-state index contributed by atoms with van der Waals surface area (Å²) in [5.74, 6) is 1.15. The molecule has 110 valence electrons. The van der Waals surface area contributed by atoms with Crippen molar-refractivity contribution in [2.24, 2.45) is 0 Å². The number of aryl methyl sites for hydroxylation is 2. The summed E-state index contributed by atoms with van der Waals surface area (Å²) in [4.78, 5) is 4.72. The van der Waals surface area contributed by atoms with Crippen LogP contribution in [0.5, 0.6) is 0 Å². The van der Waals surface area contributed by atoms with Gasteiger partial charge in [0.1, 0.15) is 0 Å². The van der Waals surface area contributed by atoms with E-state index in [1.54, 1.807) is 0 Å². The number of hydrogen-bond acceptors (Lipinski definition) is 2. The van der Waals surface area contributed by atoms with Crippen molar-refractivity contribution in [3.8, 4) is 0 Å². The predicted molar refractivity (Wildman–Crippen MR) is 83.9 cm³/mol. The van der Waals surface area contributed by atoms with Crippen molar-refractivity contribution < 1.29 is 0 Å². The molecule has 0 saturated heterocycles. The molecule has 0 fully saturated rings. The summed E-state index contributed by atoms with van der Waals surface area (Å²) in [5.41, 5.74) is 0. The van der Waals surface area contributed by atoms with Crippen LogP contribution in [0.15, 0.2) is 0 Å². The molecule has 0 aliphatic carbocycles. The Hall–Kier alpha value is -0.141. The van der Waals surface area contributed by atoms with Gasteiger partial charge in [0.25, 0.3) is 0 Å². The Morgan fingerprint density at radius 3 is 1.95 bits per heavy atom. The standard InChI is InChI=1S/C16H30N2Se/c1-3-5-7-9-11-13-15-17-16(19-18-15)14-12-10-8-6-4-2/h3-14H2,1-2H3. The molecule has 19 heavy (non-hydrogen) atoms. The molecule has 0 saturated carbocycles. The second kappa shape index (κ2) is 11.7. The molecule has 0 bridgehead atoms. The van der Waals surface area contributed by atoms with Gasteiger partial charge in [-0.15, -0.1) is 0 Å². The molecular formula is C16H30N2Se. The van der Waals surface area contributed by atoms with Crippen LogP contribution in [0.4, 0.5) is 0 Å². The van der Waals surface area contributed by atoms with Crippen LogP contribution in [-0.2, 0) is 12.8 Å². The third kappa shape index (κ3) is 8.60. The van der Waals surface area contributed by atoms with E-state index in [1.807, 2.05) is 0 Å². The average Bonchev–Trinajstić information content (AvgIpc) is 2.86. The SMILES string of the molecule is CCCCCCCc1n[se]c(CCCCCCC)n1. The summed E-state index contributed by atoms with van der Waals surface area (Å²) >= 11 is 0.337. The molecule has 0 radical (unpaired) electrons. The number of hydrogen-bond donors (Lipinski definition) is 0. The summed E-state index contributed by atoms with van der Waals surface area (Å²) in [6.45, 7) is 4.53. The molecule has 3 heteroatoms. The quantitative estimate of drug-likeness (QED) is 0.415. The normalized spacial score (nSPS) is 11.1. The molecule has 0 amide bonds. The third-order valence-electron chi connectivity index (χ3n) is 3.51. The van der Waals surface area contributed by atoms with Crippen LogP contribution in [0.25, 0.3) is 0 Å². The van der Waals surface area contributed by atoms with E-state index in [-0.39, 0.29) is 0 Å². The van der Waals surface area contributed by atoms with Crippen molar-refractivity contribution in [1.82, 2.24) is 8.96 Å². The van der Waals surface area contributed by atoms with Crippen LogP contribution in [0.2, 0.25) is 0 Å². The molecule has 1 aromatic heterocycles. The van der Waals surface area contributed by atoms with E-state index in [0.29, 0.717) is 14.7 Å². The van der Waals surface area contributed by atoms with Gasteiger partial charge in [0, 0.05) is 0 Å². The summed E-state index contributed by atoms with van der Waals surface area (Å²) in [5, 5.41) is 0. The van der Waals surface area contributed by atoms with Gasteiger partial charge < -0.3 is 0 Å². The summed E-state index contributed by atoms with van der Waals surface area (Å²) in [6, 6.07) is 0. The fourth-order valence-electron chi connectivity index (χ4n) is 2.26. The van der Waals surface area contributed by atoms with Crippen molar-refractivity contribution >= 4 is 14.7 Å². The van der Waals surface area contributed by atoms with E-state index in [4.69, 9.17) is 4.98 Å². The van der Waals surface area contributed by atoms with Crippen molar-refractivity contribution in [2.75, 3.05) is 0 Å². The van der Waals surface area contributed by atoms with Gasteiger partial charge in [-0.25, -0.2) is 0 Å². The number of rotatable bonds is 12. The maximum absolute atomic E-state index is 4.72. The number of aromatic nitrogens is 2. The van der Waals surface area contributed by atoms with Gasteiger partial charge in [0.05, 0.1) is 0 Å². The van der Waals surface area contributed by atoms with Crippen molar-refractivity contribution in [3.05, 3.63) is 10.4 Å². The van der Waals surface area contributed by atoms with Gasteiger partial charge in [-0.2, -0.15) is 0 Å². The second-order valence-corrected chi connectivity index (χ2v) is 7.19. The molecule has 0 aromatic carbocycles. The van der Waals surface area contributed by atoms with Gasteiger partial charge in [0.2, 0.25) is 0 Å². The molecule has 0 unspecified atom stereocenters. The molecule has 0 atom stereocenters. The Morgan fingerprint density at radius 1 is 0.737 bits per heavy atom. The first-order valence-corrected chi connectivity index (χ1v) is 9.80. The van der Waals surface area contributed by atoms with Gasteiger partial charge in [-0.3, -0.25) is 0 Å². The first-order chi connectivity index (χ1) is 9.36. The van der Waals surface area contributed by atoms with Crippen molar-refractivity contribution in [2.45, 2.75) is 90.9 Å². The van der Waals surface area contributed by atoms with Gasteiger partial charge in [-0.05, 0) is 0 Å². The molecule has 2 nitrogen and oxygen atoms in total. The zero-order chi connectivity index (χ0) is 13.8. The first-order valence-electron chi connectivity index (χ1n) is 8.18. The minimum absolute atomic E-state index is 0.337. The van der Waals surface area contributed by atoms with Crippen LogP contribution in [0.3, 0.4) is 0 Å². The Bertz CT molecular complexity index is 281. The van der Waals surface area contributed by atoms with Crippen LogP contribution in [-0.4, -0.2) is 23.7 Å². The molecule has 0 aliphatic heterocycles. The second-order valence-electron chi connectivity index (χ2n) is 5.43. The maximum atomic E-state index is 4.72. The van der Waals surface area contributed by atoms with E-state index in [0.717, 1.165) is 12.2 Å². The molecule has 1 aromatic rings. The van der Waals surface area contributed by atoms with E-state index in [1.165, 1.54) is 75.2 Å². The topological polar surface area (TPSA) is 25.8 Å². The summed E-state index contributed by atoms with van der Waals surface area (Å²) in [6.07, 6.45) is 15.8. The van der Waals surface area contributed by atoms with Crippen LogP contribution >= 0.6 is 0 Å². The number of unbranched alkanes of at least 4 members (excludes halogenated alkanes) is 8. The fourth-order valence-corrected chi connectivity index (χ4v) is 3.78. The van der Waals surface area contributed by atoms with Crippen molar-refractivity contribution in [3.63, 3.8) is 0 Å². The van der Waals surface area contributed by atoms with E-state index in [9.17, 15) is 0 Å². The third-order valence-corrected chi connectivity index (χ3v) is 5.20. The Kier molecular flexibility index (Phi) is 10.4. The fraction of sp³-hybridized carbons (Fsp3) is 0.875. The van der Waals surface area contributed by atoms with Crippen LogP contribution in [0, 0.1) is 0 Å². The Morgan fingerprint density at radius 2 is 1.32 bits per heavy atom. The molecule has 1 heterocycles. The Labute approximate surface area is 125 Å².